The van der Waals surface area contributed by atoms with Gasteiger partial charge in [0.2, 0.25) is 12.4 Å². The summed E-state index contributed by atoms with van der Waals surface area (Å²) in [7, 11) is 0. The van der Waals surface area contributed by atoms with E-state index in [1.54, 1.807) is 0 Å². The fourth-order valence-corrected chi connectivity index (χ4v) is 2.29. The molecule has 0 bridgehead atoms. The van der Waals surface area contributed by atoms with Crippen LogP contribution in [0.3, 0.4) is 0 Å². The molecule has 0 spiro atoms. The first-order chi connectivity index (χ1) is 11.6. The minimum absolute atomic E-state index is 0.679. The molecule has 9 nitrogen and oxygen atoms in total. The molecule has 25 heavy (non-hydrogen) atoms. The predicted octanol–water partition coefficient (Wildman–Crippen LogP) is 0.0928. The van der Waals surface area contributed by atoms with Crippen molar-refractivity contribution in [1.29, 1.82) is 0 Å². The zero-order valence-electron chi connectivity index (χ0n) is 14.6. The molecule has 1 heterocycles. The summed E-state index contributed by atoms with van der Waals surface area (Å²) < 4.78 is 26.0. The molecule has 1 aliphatic heterocycles. The molecular weight excluding hydrogens is 336 g/mol. The van der Waals surface area contributed by atoms with E-state index in [-0.39, 0.29) is 0 Å². The molecule has 0 saturated carbocycles. The number of rotatable bonds is 4. The van der Waals surface area contributed by atoms with Crippen LogP contribution in [0.4, 0.5) is 0 Å². The molecule has 1 fully saturated rings. The van der Waals surface area contributed by atoms with Gasteiger partial charge in [-0.15, -0.1) is 5.92 Å². The Hall–Kier alpha value is -2.60. The van der Waals surface area contributed by atoms with Crippen LogP contribution in [-0.2, 0) is 42.9 Å². The first-order valence-electron chi connectivity index (χ1n) is 7.42. The molecule has 0 N–H and O–H groups in total. The van der Waals surface area contributed by atoms with Crippen LogP contribution >= 0.6 is 0 Å². The van der Waals surface area contributed by atoms with Crippen molar-refractivity contribution in [3.63, 3.8) is 0 Å². The summed E-state index contributed by atoms with van der Waals surface area (Å²) in [4.78, 5) is 45.6. The van der Waals surface area contributed by atoms with Crippen LogP contribution in [0.1, 0.15) is 34.6 Å². The molecule has 0 aromatic rings. The van der Waals surface area contributed by atoms with E-state index in [0.717, 1.165) is 27.7 Å². The molecule has 1 aliphatic rings. The Bertz CT molecular complexity index is 600. The first kappa shape index (κ1) is 20.4. The van der Waals surface area contributed by atoms with Gasteiger partial charge in [0.1, 0.15) is 0 Å². The summed E-state index contributed by atoms with van der Waals surface area (Å²) in [5.74, 6) is 2.40. The minimum Gasteiger partial charge on any atom is -0.455 e. The summed E-state index contributed by atoms with van der Waals surface area (Å²) in [5.41, 5.74) is 0. The number of ether oxygens (including phenoxy) is 5. The van der Waals surface area contributed by atoms with Gasteiger partial charge in [-0.25, -0.2) is 0 Å². The molecule has 5 atom stereocenters. The van der Waals surface area contributed by atoms with Crippen molar-refractivity contribution in [3.8, 4) is 11.8 Å². The van der Waals surface area contributed by atoms with E-state index < -0.39 is 54.6 Å². The van der Waals surface area contributed by atoms with Gasteiger partial charge in [0, 0.05) is 27.7 Å². The summed E-state index contributed by atoms with van der Waals surface area (Å²) in [6.07, 6.45) is -6.22. The number of hydrogen-bond donors (Lipinski definition) is 0. The van der Waals surface area contributed by atoms with Crippen molar-refractivity contribution in [2.24, 2.45) is 0 Å². The van der Waals surface area contributed by atoms with E-state index >= 15 is 0 Å². The highest BCUT2D eigenvalue weighted by Crippen LogP contribution is 2.29. The zero-order valence-corrected chi connectivity index (χ0v) is 14.6. The van der Waals surface area contributed by atoms with E-state index in [1.807, 2.05) is 0 Å². The Labute approximate surface area is 144 Å². The Morgan fingerprint density at radius 1 is 0.720 bits per heavy atom. The smallest absolute Gasteiger partial charge is 0.305 e. The van der Waals surface area contributed by atoms with Gasteiger partial charge >= 0.3 is 23.9 Å². The zero-order chi connectivity index (χ0) is 19.1. The third-order valence-electron chi connectivity index (χ3n) is 2.97. The Kier molecular flexibility index (Phi) is 7.39. The minimum atomic E-state index is -1.39. The fourth-order valence-electron chi connectivity index (χ4n) is 2.29. The van der Waals surface area contributed by atoms with Crippen LogP contribution in [0.15, 0.2) is 0 Å². The van der Waals surface area contributed by atoms with Crippen molar-refractivity contribution in [3.05, 3.63) is 0 Å². The molecule has 0 radical (unpaired) electrons. The molecular formula is C16H20O9. The number of carbonyl (C=O) groups is 4. The second-order valence-electron chi connectivity index (χ2n) is 5.15. The van der Waals surface area contributed by atoms with Crippen molar-refractivity contribution in [2.45, 2.75) is 65.3 Å². The highest BCUT2D eigenvalue weighted by molar-refractivity contribution is 5.69. The summed E-state index contributed by atoms with van der Waals surface area (Å²) in [6.45, 7) is 6.06. The topological polar surface area (TPSA) is 114 Å². The molecule has 9 heteroatoms. The molecule has 0 aliphatic carbocycles. The highest BCUT2D eigenvalue weighted by Gasteiger charge is 2.52. The quantitative estimate of drug-likeness (QED) is 0.393. The van der Waals surface area contributed by atoms with Gasteiger partial charge in [-0.1, -0.05) is 5.92 Å². The van der Waals surface area contributed by atoms with Crippen LogP contribution in [-0.4, -0.2) is 54.6 Å². The average Bonchev–Trinajstić information content (AvgIpc) is 2.45. The van der Waals surface area contributed by atoms with E-state index in [4.69, 9.17) is 23.7 Å². The van der Waals surface area contributed by atoms with Crippen LogP contribution in [0.5, 0.6) is 0 Å². The largest absolute Gasteiger partial charge is 0.455 e. The van der Waals surface area contributed by atoms with E-state index in [2.05, 4.69) is 11.8 Å². The van der Waals surface area contributed by atoms with Crippen molar-refractivity contribution in [1.82, 2.24) is 0 Å². The Balaban J connectivity index is 3.32. The maximum absolute atomic E-state index is 11.5. The van der Waals surface area contributed by atoms with Crippen molar-refractivity contribution >= 4 is 23.9 Å². The number of hydrogen-bond acceptors (Lipinski definition) is 9. The van der Waals surface area contributed by atoms with Crippen LogP contribution in [0.2, 0.25) is 0 Å². The lowest BCUT2D eigenvalue weighted by atomic mass is 9.98. The van der Waals surface area contributed by atoms with Gasteiger partial charge in [0.05, 0.1) is 0 Å². The van der Waals surface area contributed by atoms with E-state index in [1.165, 1.54) is 6.92 Å². The molecule has 138 valence electrons. The molecule has 0 aromatic heterocycles. The fraction of sp³-hybridized carbons (Fsp3) is 0.625. The van der Waals surface area contributed by atoms with E-state index in [0.29, 0.717) is 0 Å². The maximum atomic E-state index is 11.5. The van der Waals surface area contributed by atoms with Crippen molar-refractivity contribution < 1.29 is 42.9 Å². The monoisotopic (exact) mass is 356 g/mol. The Morgan fingerprint density at radius 3 is 1.60 bits per heavy atom. The standard InChI is InChI=1S/C16H20O9/c1-6-7-12-13(21-8(2)17)14(22-9(3)18)15(23-10(4)19)16(25-12)24-11(5)20/h12-16H,1-5H3/t12-,13+,14+,15-,16?/m0/s1. The lowest BCUT2D eigenvalue weighted by Gasteiger charge is -2.42. The normalized spacial score (nSPS) is 28.0. The van der Waals surface area contributed by atoms with Gasteiger partial charge in [-0.05, 0) is 6.92 Å². The lowest BCUT2D eigenvalue weighted by Crippen LogP contribution is -2.61. The van der Waals surface area contributed by atoms with Gasteiger partial charge < -0.3 is 23.7 Å². The Morgan fingerprint density at radius 2 is 1.16 bits per heavy atom. The second kappa shape index (κ2) is 9.03. The van der Waals surface area contributed by atoms with Gasteiger partial charge in [0.25, 0.3) is 0 Å². The van der Waals surface area contributed by atoms with Gasteiger partial charge in [-0.3, -0.25) is 19.2 Å². The van der Waals surface area contributed by atoms with Crippen LogP contribution in [0, 0.1) is 11.8 Å². The van der Waals surface area contributed by atoms with Crippen molar-refractivity contribution in [2.75, 3.05) is 0 Å². The van der Waals surface area contributed by atoms with Gasteiger partial charge in [0.15, 0.2) is 18.3 Å². The molecule has 0 aromatic carbocycles. The average molecular weight is 356 g/mol. The SMILES string of the molecule is CC#C[C@@H]1OC(OC(C)=O)[C@@H](OC(C)=O)[C@H](OC(C)=O)[C@@H]1OC(C)=O. The van der Waals surface area contributed by atoms with Crippen LogP contribution in [0.25, 0.3) is 0 Å². The lowest BCUT2D eigenvalue weighted by molar-refractivity contribution is -0.286. The summed E-state index contributed by atoms with van der Waals surface area (Å²) in [6, 6.07) is 0. The molecule has 1 rings (SSSR count). The number of carbonyl (C=O) groups excluding carboxylic acids is 4. The van der Waals surface area contributed by atoms with Gasteiger partial charge in [-0.2, -0.15) is 0 Å². The molecule has 1 unspecified atom stereocenters. The summed E-state index contributed by atoms with van der Waals surface area (Å²) in [5, 5.41) is 0. The third kappa shape index (κ3) is 6.08. The number of esters is 4. The predicted molar refractivity (Wildman–Crippen MR) is 80.5 cm³/mol. The third-order valence-corrected chi connectivity index (χ3v) is 2.97. The summed E-state index contributed by atoms with van der Waals surface area (Å²) >= 11 is 0. The highest BCUT2D eigenvalue weighted by atomic mass is 16.7. The maximum Gasteiger partial charge on any atom is 0.305 e. The van der Waals surface area contributed by atoms with E-state index in [9.17, 15) is 19.2 Å². The van der Waals surface area contributed by atoms with Crippen LogP contribution < -0.4 is 0 Å². The molecule has 1 saturated heterocycles. The molecule has 0 amide bonds. The second-order valence-corrected chi connectivity index (χ2v) is 5.15. The first-order valence-corrected chi connectivity index (χ1v) is 7.42.